The van der Waals surface area contributed by atoms with Gasteiger partial charge in [0.1, 0.15) is 13.2 Å². The lowest BCUT2D eigenvalue weighted by atomic mass is 10.2. The molecule has 34 heavy (non-hydrogen) atoms. The first-order valence-corrected chi connectivity index (χ1v) is 10.8. The fourth-order valence-electron chi connectivity index (χ4n) is 3.64. The zero-order valence-corrected chi connectivity index (χ0v) is 19.0. The number of rotatable bonds is 8. The van der Waals surface area contributed by atoms with Crippen LogP contribution < -0.4 is 20.6 Å². The van der Waals surface area contributed by atoms with Crippen LogP contribution in [0.5, 0.6) is 11.5 Å². The molecule has 0 unspecified atom stereocenters. The number of benzene rings is 3. The summed E-state index contributed by atoms with van der Waals surface area (Å²) in [6, 6.07) is 21.8. The van der Waals surface area contributed by atoms with Gasteiger partial charge in [0.25, 0.3) is 11.1 Å². The van der Waals surface area contributed by atoms with Crippen LogP contribution in [0.4, 0.5) is 0 Å². The Kier molecular flexibility index (Phi) is 6.77. The molecule has 174 valence electrons. The summed E-state index contributed by atoms with van der Waals surface area (Å²) in [6.45, 7) is 0.430. The second kappa shape index (κ2) is 10.1. The number of amides is 1. The van der Waals surface area contributed by atoms with E-state index in [2.05, 4.69) is 5.10 Å². The first-order valence-electron chi connectivity index (χ1n) is 10.8. The number of aromatic amines is 1. The first-order chi connectivity index (χ1) is 16.5. The third-order valence-corrected chi connectivity index (χ3v) is 5.49. The van der Waals surface area contributed by atoms with Crippen LogP contribution in [0.1, 0.15) is 11.1 Å². The van der Waals surface area contributed by atoms with Crippen molar-refractivity contribution in [2.45, 2.75) is 19.7 Å². The maximum atomic E-state index is 12.8. The van der Waals surface area contributed by atoms with Gasteiger partial charge in [-0.3, -0.25) is 19.5 Å². The molecule has 0 aliphatic heterocycles. The Bertz CT molecular complexity index is 1430. The molecular weight excluding hydrogens is 434 g/mol. The number of hydrogen-bond donors (Lipinski definition) is 1. The Balaban J connectivity index is 1.45. The molecule has 0 atom stereocenters. The molecule has 0 aliphatic carbocycles. The first kappa shape index (κ1) is 22.8. The van der Waals surface area contributed by atoms with Gasteiger partial charge in [-0.1, -0.05) is 48.5 Å². The van der Waals surface area contributed by atoms with Gasteiger partial charge in [0.05, 0.1) is 17.9 Å². The smallest absolute Gasteiger partial charge is 0.273 e. The van der Waals surface area contributed by atoms with E-state index in [1.807, 2.05) is 42.5 Å². The number of carbonyl (C=O) groups is 1. The van der Waals surface area contributed by atoms with Crippen LogP contribution in [-0.4, -0.2) is 34.7 Å². The van der Waals surface area contributed by atoms with Crippen LogP contribution in [0.3, 0.4) is 0 Å². The average Bonchev–Trinajstić information content (AvgIpc) is 2.86. The number of aromatic nitrogens is 2. The molecular formula is C26H25N3O5. The van der Waals surface area contributed by atoms with Crippen LogP contribution in [0.2, 0.25) is 0 Å². The summed E-state index contributed by atoms with van der Waals surface area (Å²) in [5, 5.41) is 3.06. The van der Waals surface area contributed by atoms with E-state index in [1.165, 1.54) is 4.90 Å². The molecule has 1 N–H and O–H groups in total. The number of hydrogen-bond acceptors (Lipinski definition) is 5. The van der Waals surface area contributed by atoms with Crippen molar-refractivity contribution in [3.8, 4) is 11.5 Å². The summed E-state index contributed by atoms with van der Waals surface area (Å²) in [7, 11) is 3.20. The normalized spacial score (nSPS) is 10.8. The third-order valence-electron chi connectivity index (χ3n) is 5.49. The SMILES string of the molecule is COc1cc(CN(C)C(=O)Cn2[nH]c(=O)c3ccccc3c2=O)ccc1OCc1ccccc1. The lowest BCUT2D eigenvalue weighted by molar-refractivity contribution is -0.131. The van der Waals surface area contributed by atoms with Crippen LogP contribution in [0.15, 0.2) is 82.4 Å². The average molecular weight is 460 g/mol. The Morgan fingerprint density at radius 1 is 0.912 bits per heavy atom. The van der Waals surface area contributed by atoms with Crippen molar-refractivity contribution in [3.05, 3.63) is 105 Å². The van der Waals surface area contributed by atoms with Gasteiger partial charge in [0.15, 0.2) is 11.5 Å². The molecule has 3 aromatic carbocycles. The Morgan fingerprint density at radius 2 is 1.62 bits per heavy atom. The van der Waals surface area contributed by atoms with Gasteiger partial charge < -0.3 is 14.4 Å². The number of nitrogens with zero attached hydrogens (tertiary/aromatic N) is 2. The standard InChI is InChI=1S/C26H25N3O5/c1-28(24(30)16-29-26(32)21-11-7-6-10-20(21)25(31)27-29)15-19-12-13-22(23(14-19)33-2)34-17-18-8-4-3-5-9-18/h3-14H,15-17H2,1-2H3,(H,27,31). The molecule has 4 rings (SSSR count). The number of likely N-dealkylation sites (N-methyl/N-ethyl adjacent to an activating group) is 1. The molecule has 0 radical (unpaired) electrons. The van der Waals surface area contributed by atoms with Gasteiger partial charge in [-0.15, -0.1) is 0 Å². The molecule has 0 bridgehead atoms. The second-order valence-electron chi connectivity index (χ2n) is 7.89. The summed E-state index contributed by atoms with van der Waals surface area (Å²) < 4.78 is 12.4. The predicted octanol–water partition coefficient (Wildman–Crippen LogP) is 2.94. The van der Waals surface area contributed by atoms with Crippen molar-refractivity contribution < 1.29 is 14.3 Å². The van der Waals surface area contributed by atoms with Crippen LogP contribution in [0.25, 0.3) is 10.8 Å². The van der Waals surface area contributed by atoms with E-state index >= 15 is 0 Å². The molecule has 8 heteroatoms. The van der Waals surface area contributed by atoms with E-state index in [9.17, 15) is 14.4 Å². The van der Waals surface area contributed by atoms with Crippen LogP contribution in [-0.2, 0) is 24.5 Å². The number of H-pyrrole nitrogens is 1. The number of fused-ring (bicyclic) bond motifs is 1. The van der Waals surface area contributed by atoms with E-state index in [1.54, 1.807) is 44.5 Å². The molecule has 0 spiro atoms. The van der Waals surface area contributed by atoms with Gasteiger partial charge in [-0.25, -0.2) is 4.68 Å². The minimum atomic E-state index is -0.418. The van der Waals surface area contributed by atoms with Gasteiger partial charge >= 0.3 is 0 Å². The third kappa shape index (κ3) is 5.01. The Labute approximate surface area is 196 Å². The highest BCUT2D eigenvalue weighted by Gasteiger charge is 2.15. The largest absolute Gasteiger partial charge is 0.493 e. The Hall–Kier alpha value is -4.33. The van der Waals surface area contributed by atoms with Crippen molar-refractivity contribution in [1.82, 2.24) is 14.7 Å². The van der Waals surface area contributed by atoms with Crippen LogP contribution >= 0.6 is 0 Å². The van der Waals surface area contributed by atoms with E-state index in [0.29, 0.717) is 30.0 Å². The number of nitrogens with one attached hydrogen (secondary N) is 1. The Morgan fingerprint density at radius 3 is 2.35 bits per heavy atom. The monoisotopic (exact) mass is 459 g/mol. The lowest BCUT2D eigenvalue weighted by Crippen LogP contribution is -2.37. The minimum Gasteiger partial charge on any atom is -0.493 e. The molecule has 0 fully saturated rings. The molecule has 8 nitrogen and oxygen atoms in total. The molecule has 4 aromatic rings. The maximum absolute atomic E-state index is 12.8. The lowest BCUT2D eigenvalue weighted by Gasteiger charge is -2.19. The summed E-state index contributed by atoms with van der Waals surface area (Å²) in [5.74, 6) is 0.838. The number of carbonyl (C=O) groups excluding carboxylic acids is 1. The maximum Gasteiger partial charge on any atom is 0.273 e. The second-order valence-corrected chi connectivity index (χ2v) is 7.89. The highest BCUT2D eigenvalue weighted by molar-refractivity contribution is 5.81. The van der Waals surface area contributed by atoms with Gasteiger partial charge in [0.2, 0.25) is 5.91 Å². The highest BCUT2D eigenvalue weighted by Crippen LogP contribution is 2.29. The van der Waals surface area contributed by atoms with Gasteiger partial charge in [0, 0.05) is 13.6 Å². The van der Waals surface area contributed by atoms with Crippen molar-refractivity contribution in [2.75, 3.05) is 14.2 Å². The van der Waals surface area contributed by atoms with E-state index < -0.39 is 11.1 Å². The van der Waals surface area contributed by atoms with Crippen LogP contribution in [0, 0.1) is 0 Å². The van der Waals surface area contributed by atoms with E-state index in [-0.39, 0.29) is 17.8 Å². The van der Waals surface area contributed by atoms with E-state index in [4.69, 9.17) is 9.47 Å². The van der Waals surface area contributed by atoms with Crippen molar-refractivity contribution in [2.24, 2.45) is 0 Å². The summed E-state index contributed by atoms with van der Waals surface area (Å²) in [6.07, 6.45) is 0. The van der Waals surface area contributed by atoms with Gasteiger partial charge in [-0.05, 0) is 35.4 Å². The minimum absolute atomic E-state index is 0.273. The summed E-state index contributed by atoms with van der Waals surface area (Å²) >= 11 is 0. The molecule has 1 amide bonds. The predicted molar refractivity (Wildman–Crippen MR) is 129 cm³/mol. The van der Waals surface area contributed by atoms with E-state index in [0.717, 1.165) is 15.8 Å². The molecule has 1 heterocycles. The topological polar surface area (TPSA) is 93.6 Å². The number of ether oxygens (including phenoxy) is 2. The summed E-state index contributed by atoms with van der Waals surface area (Å²) in [5.41, 5.74) is 1.04. The molecule has 1 aromatic heterocycles. The highest BCUT2D eigenvalue weighted by atomic mass is 16.5. The van der Waals surface area contributed by atoms with Crippen molar-refractivity contribution in [1.29, 1.82) is 0 Å². The van der Waals surface area contributed by atoms with Gasteiger partial charge in [-0.2, -0.15) is 0 Å². The summed E-state index contributed by atoms with van der Waals surface area (Å²) in [4.78, 5) is 39.2. The van der Waals surface area contributed by atoms with Crippen molar-refractivity contribution in [3.63, 3.8) is 0 Å². The fraction of sp³-hybridized carbons (Fsp3) is 0.192. The zero-order valence-electron chi connectivity index (χ0n) is 19.0. The fourth-order valence-corrected chi connectivity index (χ4v) is 3.64. The quantitative estimate of drug-likeness (QED) is 0.437. The zero-order chi connectivity index (χ0) is 24.1. The molecule has 0 aliphatic rings. The molecule has 0 saturated carbocycles. The molecule has 0 saturated heterocycles. The van der Waals surface area contributed by atoms with Crippen molar-refractivity contribution >= 4 is 16.7 Å². The number of methoxy groups -OCH3 is 1.